The minimum atomic E-state index is -0.124. The first kappa shape index (κ1) is 6.60. The number of nitrogens with one attached hydrogen (secondary N) is 1. The summed E-state index contributed by atoms with van der Waals surface area (Å²) in [4.78, 5) is 10.7. The van der Waals surface area contributed by atoms with E-state index in [1.165, 1.54) is 3.11 Å². The van der Waals surface area contributed by atoms with Crippen LogP contribution in [0.3, 0.4) is 0 Å². The molecule has 1 heterocycles. The summed E-state index contributed by atoms with van der Waals surface area (Å²) < 4.78 is 1.44. The fourth-order valence-electron chi connectivity index (χ4n) is 0.430. The molecule has 0 saturated heterocycles. The van der Waals surface area contributed by atoms with E-state index in [2.05, 4.69) is 5.32 Å². The SMILES string of the molecule is O=C1NC=CC=CN1I. The number of nitrogens with zero attached hydrogens (tertiary/aromatic N) is 1. The van der Waals surface area contributed by atoms with Crippen molar-refractivity contribution < 1.29 is 4.79 Å². The van der Waals surface area contributed by atoms with Gasteiger partial charge in [-0.15, -0.1) is 0 Å². The standard InChI is InChI=1S/C5H5IN2O/c6-8-4-2-1-3-7-5(8)9/h1-4H,(H,7,9). The number of amides is 2. The number of hydrogen-bond acceptors (Lipinski definition) is 1. The first-order valence-corrected chi connectivity index (χ1v) is 3.36. The van der Waals surface area contributed by atoms with E-state index < -0.39 is 0 Å². The van der Waals surface area contributed by atoms with Crippen LogP contribution < -0.4 is 5.32 Å². The molecule has 0 radical (unpaired) electrons. The van der Waals surface area contributed by atoms with Crippen LogP contribution in [0.4, 0.5) is 4.79 Å². The van der Waals surface area contributed by atoms with Crippen LogP contribution in [0.25, 0.3) is 0 Å². The number of rotatable bonds is 0. The van der Waals surface area contributed by atoms with Crippen molar-refractivity contribution in [2.45, 2.75) is 0 Å². The molecule has 0 atom stereocenters. The zero-order valence-corrected chi connectivity index (χ0v) is 6.70. The molecule has 2 amide bonds. The molecule has 0 aliphatic carbocycles. The maximum Gasteiger partial charge on any atom is 0.334 e. The summed E-state index contributed by atoms with van der Waals surface area (Å²) in [6.45, 7) is 0. The van der Waals surface area contributed by atoms with Gasteiger partial charge in [-0.2, -0.15) is 0 Å². The summed E-state index contributed by atoms with van der Waals surface area (Å²) in [6.07, 6.45) is 6.82. The zero-order valence-electron chi connectivity index (χ0n) is 4.54. The lowest BCUT2D eigenvalue weighted by molar-refractivity contribution is 0.239. The normalized spacial score (nSPS) is 17.4. The molecule has 0 bridgehead atoms. The van der Waals surface area contributed by atoms with Crippen LogP contribution in [0, 0.1) is 0 Å². The second-order valence-corrected chi connectivity index (χ2v) is 2.50. The highest BCUT2D eigenvalue weighted by Gasteiger charge is 2.04. The first-order valence-electron chi connectivity index (χ1n) is 2.39. The summed E-state index contributed by atoms with van der Waals surface area (Å²) in [5, 5.41) is 2.53. The van der Waals surface area contributed by atoms with Gasteiger partial charge in [-0.1, -0.05) is 0 Å². The Labute approximate surface area is 66.9 Å². The molecule has 0 unspecified atom stereocenters. The van der Waals surface area contributed by atoms with Gasteiger partial charge in [0.2, 0.25) is 0 Å². The third kappa shape index (κ3) is 1.70. The summed E-state index contributed by atoms with van der Waals surface area (Å²) >= 11 is 1.90. The van der Waals surface area contributed by atoms with Gasteiger partial charge < -0.3 is 5.32 Å². The molecule has 9 heavy (non-hydrogen) atoms. The Morgan fingerprint density at radius 1 is 1.56 bits per heavy atom. The van der Waals surface area contributed by atoms with Crippen LogP contribution in [0.15, 0.2) is 24.6 Å². The number of urea groups is 1. The van der Waals surface area contributed by atoms with Crippen molar-refractivity contribution in [3.8, 4) is 0 Å². The van der Waals surface area contributed by atoms with E-state index in [4.69, 9.17) is 0 Å². The minimum Gasteiger partial charge on any atom is -0.314 e. The molecule has 1 aliphatic heterocycles. The maximum absolute atomic E-state index is 10.7. The lowest BCUT2D eigenvalue weighted by Gasteiger charge is -2.04. The molecular weight excluding hydrogens is 231 g/mol. The van der Waals surface area contributed by atoms with Gasteiger partial charge in [0.15, 0.2) is 0 Å². The summed E-state index contributed by atoms with van der Waals surface area (Å²) in [6, 6.07) is -0.124. The molecule has 0 aromatic rings. The van der Waals surface area contributed by atoms with E-state index >= 15 is 0 Å². The number of hydrogen-bond donors (Lipinski definition) is 1. The predicted molar refractivity (Wildman–Crippen MR) is 42.7 cm³/mol. The molecule has 0 aromatic heterocycles. The van der Waals surface area contributed by atoms with Crippen LogP contribution in [-0.4, -0.2) is 9.14 Å². The smallest absolute Gasteiger partial charge is 0.314 e. The van der Waals surface area contributed by atoms with Gasteiger partial charge in [-0.3, -0.25) is 0 Å². The molecule has 0 fully saturated rings. The van der Waals surface area contributed by atoms with Crippen LogP contribution in [0.2, 0.25) is 0 Å². The Hall–Kier alpha value is -0.520. The zero-order chi connectivity index (χ0) is 6.69. The van der Waals surface area contributed by atoms with Crippen molar-refractivity contribution in [3.63, 3.8) is 0 Å². The van der Waals surface area contributed by atoms with Crippen LogP contribution >= 0.6 is 22.9 Å². The van der Waals surface area contributed by atoms with E-state index in [1.54, 1.807) is 24.6 Å². The Kier molecular flexibility index (Phi) is 2.10. The Balaban J connectivity index is 2.69. The second-order valence-electron chi connectivity index (χ2n) is 1.46. The minimum absolute atomic E-state index is 0.124. The van der Waals surface area contributed by atoms with Gasteiger partial charge in [0.05, 0.1) is 22.9 Å². The largest absolute Gasteiger partial charge is 0.334 e. The van der Waals surface area contributed by atoms with Gasteiger partial charge in [-0.05, 0) is 12.2 Å². The first-order chi connectivity index (χ1) is 4.30. The highest BCUT2D eigenvalue weighted by atomic mass is 127. The predicted octanol–water partition coefficient (Wildman–Crippen LogP) is 1.39. The quantitative estimate of drug-likeness (QED) is 0.500. The summed E-state index contributed by atoms with van der Waals surface area (Å²) in [7, 11) is 0. The molecule has 0 aromatic carbocycles. The molecule has 1 aliphatic rings. The van der Waals surface area contributed by atoms with Gasteiger partial charge in [0, 0.05) is 12.4 Å². The van der Waals surface area contributed by atoms with Crippen molar-refractivity contribution in [1.82, 2.24) is 8.43 Å². The third-order valence-electron chi connectivity index (χ3n) is 0.825. The fraction of sp³-hybridized carbons (Fsp3) is 0. The van der Waals surface area contributed by atoms with E-state index in [0.29, 0.717) is 0 Å². The lowest BCUT2D eigenvalue weighted by atomic mass is 10.6. The molecule has 1 rings (SSSR count). The highest BCUT2D eigenvalue weighted by molar-refractivity contribution is 14.1. The van der Waals surface area contributed by atoms with Crippen LogP contribution in [0.1, 0.15) is 0 Å². The molecule has 0 saturated carbocycles. The van der Waals surface area contributed by atoms with Gasteiger partial charge in [0.1, 0.15) is 0 Å². The van der Waals surface area contributed by atoms with Gasteiger partial charge >= 0.3 is 6.03 Å². The van der Waals surface area contributed by atoms with Gasteiger partial charge in [0.25, 0.3) is 0 Å². The molecule has 0 spiro atoms. The Morgan fingerprint density at radius 2 is 2.33 bits per heavy atom. The fourth-order valence-corrected chi connectivity index (χ4v) is 0.755. The van der Waals surface area contributed by atoms with E-state index in [0.717, 1.165) is 0 Å². The lowest BCUT2D eigenvalue weighted by Crippen LogP contribution is -2.24. The van der Waals surface area contributed by atoms with Crippen molar-refractivity contribution in [1.29, 1.82) is 0 Å². The number of allylic oxidation sites excluding steroid dienone is 2. The summed E-state index contributed by atoms with van der Waals surface area (Å²) in [5.74, 6) is 0. The monoisotopic (exact) mass is 236 g/mol. The second kappa shape index (κ2) is 2.86. The Bertz CT molecular complexity index is 176. The van der Waals surface area contributed by atoms with Crippen molar-refractivity contribution in [3.05, 3.63) is 24.6 Å². The van der Waals surface area contributed by atoms with E-state index in [9.17, 15) is 4.79 Å². The molecule has 1 N–H and O–H groups in total. The summed E-state index contributed by atoms with van der Waals surface area (Å²) in [5.41, 5.74) is 0. The third-order valence-corrected chi connectivity index (χ3v) is 1.58. The molecular formula is C5H5IN2O. The number of halogens is 1. The molecule has 3 nitrogen and oxygen atoms in total. The Morgan fingerprint density at radius 3 is 3.11 bits per heavy atom. The van der Waals surface area contributed by atoms with E-state index in [1.807, 2.05) is 22.9 Å². The highest BCUT2D eigenvalue weighted by Crippen LogP contribution is 2.02. The van der Waals surface area contributed by atoms with Crippen molar-refractivity contribution in [2.75, 3.05) is 0 Å². The average molecular weight is 236 g/mol. The topological polar surface area (TPSA) is 32.3 Å². The van der Waals surface area contributed by atoms with Crippen LogP contribution in [-0.2, 0) is 0 Å². The average Bonchev–Trinajstić information content (AvgIpc) is 1.99. The molecule has 48 valence electrons. The molecule has 4 heteroatoms. The van der Waals surface area contributed by atoms with Crippen molar-refractivity contribution in [2.24, 2.45) is 0 Å². The number of carbonyl (C=O) groups excluding carboxylic acids is 1. The van der Waals surface area contributed by atoms with Crippen molar-refractivity contribution >= 4 is 28.9 Å². The maximum atomic E-state index is 10.7. The number of carbonyl (C=O) groups is 1. The van der Waals surface area contributed by atoms with Gasteiger partial charge in [-0.25, -0.2) is 7.91 Å². The van der Waals surface area contributed by atoms with Crippen LogP contribution in [0.5, 0.6) is 0 Å². The van der Waals surface area contributed by atoms with E-state index in [-0.39, 0.29) is 6.03 Å².